The second-order valence-corrected chi connectivity index (χ2v) is 6.83. The monoisotopic (exact) mass is 294 g/mol. The van der Waals surface area contributed by atoms with Gasteiger partial charge in [0.25, 0.3) is 0 Å². The molecule has 4 nitrogen and oxygen atoms in total. The number of thiazole rings is 1. The van der Waals surface area contributed by atoms with Crippen molar-refractivity contribution in [2.75, 3.05) is 18.6 Å². The second-order valence-electron chi connectivity index (χ2n) is 5.85. The molecule has 0 N–H and O–H groups in total. The van der Waals surface area contributed by atoms with Gasteiger partial charge in [0.2, 0.25) is 0 Å². The van der Waals surface area contributed by atoms with Gasteiger partial charge in [0, 0.05) is 12.6 Å². The molecule has 110 valence electrons. The van der Waals surface area contributed by atoms with Crippen LogP contribution in [0.1, 0.15) is 53.9 Å². The van der Waals surface area contributed by atoms with E-state index in [2.05, 4.69) is 9.88 Å². The second kappa shape index (κ2) is 5.72. The van der Waals surface area contributed by atoms with Gasteiger partial charge >= 0.3 is 5.97 Å². The van der Waals surface area contributed by atoms with Crippen LogP contribution < -0.4 is 4.90 Å². The van der Waals surface area contributed by atoms with Crippen LogP contribution in [-0.4, -0.2) is 30.6 Å². The van der Waals surface area contributed by atoms with E-state index in [4.69, 9.17) is 4.74 Å². The van der Waals surface area contributed by atoms with Gasteiger partial charge in [-0.15, -0.1) is 0 Å². The average molecular weight is 294 g/mol. The van der Waals surface area contributed by atoms with Gasteiger partial charge in [-0.2, -0.15) is 0 Å². The summed E-state index contributed by atoms with van der Waals surface area (Å²) in [6.07, 6.45) is 7.93. The lowest BCUT2D eigenvalue weighted by molar-refractivity contribution is 0.0605. The third-order valence-corrected chi connectivity index (χ3v) is 5.82. The molecule has 20 heavy (non-hydrogen) atoms. The number of anilines is 1. The Morgan fingerprint density at radius 2 is 2.05 bits per heavy atom. The Balaban J connectivity index is 1.86. The van der Waals surface area contributed by atoms with Crippen molar-refractivity contribution < 1.29 is 9.53 Å². The van der Waals surface area contributed by atoms with Gasteiger partial charge in [0.1, 0.15) is 4.88 Å². The number of methoxy groups -OCH3 is 1. The van der Waals surface area contributed by atoms with Crippen LogP contribution in [0, 0.1) is 12.8 Å². The van der Waals surface area contributed by atoms with Crippen LogP contribution in [0.15, 0.2) is 0 Å². The average Bonchev–Trinajstić information content (AvgIpc) is 2.87. The minimum Gasteiger partial charge on any atom is -0.465 e. The Morgan fingerprint density at radius 3 is 2.85 bits per heavy atom. The van der Waals surface area contributed by atoms with E-state index in [1.807, 2.05) is 6.92 Å². The largest absolute Gasteiger partial charge is 0.465 e. The number of ether oxygens (including phenoxy) is 1. The Bertz CT molecular complexity index is 498. The molecular weight excluding hydrogens is 272 g/mol. The van der Waals surface area contributed by atoms with E-state index in [0.29, 0.717) is 10.9 Å². The first-order chi connectivity index (χ1) is 9.70. The summed E-state index contributed by atoms with van der Waals surface area (Å²) in [4.78, 5) is 19.5. The van der Waals surface area contributed by atoms with Crippen LogP contribution in [0.3, 0.4) is 0 Å². The molecular formula is C15H22N2O2S. The van der Waals surface area contributed by atoms with Crippen molar-refractivity contribution in [2.45, 2.75) is 51.5 Å². The van der Waals surface area contributed by atoms with Crippen LogP contribution in [0.2, 0.25) is 0 Å². The molecule has 1 aliphatic carbocycles. The number of aromatic nitrogens is 1. The number of hydrogen-bond acceptors (Lipinski definition) is 5. The van der Waals surface area contributed by atoms with Crippen LogP contribution >= 0.6 is 11.3 Å². The first-order valence-corrected chi connectivity index (χ1v) is 8.34. The van der Waals surface area contributed by atoms with Gasteiger partial charge < -0.3 is 9.64 Å². The fraction of sp³-hybridized carbons (Fsp3) is 0.733. The number of rotatable bonds is 2. The maximum absolute atomic E-state index is 11.7. The molecule has 1 aromatic heterocycles. The van der Waals surface area contributed by atoms with Gasteiger partial charge in [0.15, 0.2) is 5.13 Å². The van der Waals surface area contributed by atoms with E-state index in [1.165, 1.54) is 57.0 Å². The van der Waals surface area contributed by atoms with E-state index in [1.54, 1.807) is 0 Å². The summed E-state index contributed by atoms with van der Waals surface area (Å²) in [6.45, 7) is 2.98. The van der Waals surface area contributed by atoms with E-state index in [9.17, 15) is 4.79 Å². The summed E-state index contributed by atoms with van der Waals surface area (Å²) in [5.74, 6) is 0.562. The van der Waals surface area contributed by atoms with Crippen molar-refractivity contribution in [3.05, 3.63) is 10.6 Å². The molecule has 1 aromatic rings. The molecule has 1 saturated heterocycles. The first kappa shape index (κ1) is 13.9. The summed E-state index contributed by atoms with van der Waals surface area (Å²) in [6, 6.07) is 0.633. The lowest BCUT2D eigenvalue weighted by Gasteiger charge is -2.44. The molecule has 0 amide bonds. The van der Waals surface area contributed by atoms with Crippen molar-refractivity contribution in [3.8, 4) is 0 Å². The smallest absolute Gasteiger partial charge is 0.350 e. The third-order valence-electron chi connectivity index (χ3n) is 4.65. The molecule has 0 aromatic carbocycles. The molecule has 0 spiro atoms. The number of piperidine rings is 1. The molecule has 0 bridgehead atoms. The molecule has 0 unspecified atom stereocenters. The number of esters is 1. The van der Waals surface area contributed by atoms with Crippen molar-refractivity contribution in [1.82, 2.24) is 4.98 Å². The Hall–Kier alpha value is -1.10. The summed E-state index contributed by atoms with van der Waals surface area (Å²) in [5, 5.41) is 1.01. The lowest BCUT2D eigenvalue weighted by Crippen LogP contribution is -2.46. The van der Waals surface area contributed by atoms with Crippen molar-refractivity contribution >= 4 is 22.4 Å². The van der Waals surface area contributed by atoms with Crippen LogP contribution in [0.25, 0.3) is 0 Å². The Labute approximate surface area is 124 Å². The van der Waals surface area contributed by atoms with Gasteiger partial charge in [-0.25, -0.2) is 9.78 Å². The van der Waals surface area contributed by atoms with Crippen molar-refractivity contribution in [2.24, 2.45) is 5.92 Å². The van der Waals surface area contributed by atoms with Crippen LogP contribution in [-0.2, 0) is 4.74 Å². The first-order valence-electron chi connectivity index (χ1n) is 7.53. The Kier molecular flexibility index (Phi) is 3.96. The molecule has 1 saturated carbocycles. The molecule has 3 rings (SSSR count). The molecule has 1 aliphatic heterocycles. The van der Waals surface area contributed by atoms with Crippen LogP contribution in [0.4, 0.5) is 5.13 Å². The third kappa shape index (κ3) is 2.43. The van der Waals surface area contributed by atoms with E-state index in [0.717, 1.165) is 23.3 Å². The zero-order valence-corrected chi connectivity index (χ0v) is 13.0. The number of aryl methyl sites for hydroxylation is 1. The summed E-state index contributed by atoms with van der Waals surface area (Å²) in [5.41, 5.74) is 0.801. The predicted molar refractivity (Wildman–Crippen MR) is 80.5 cm³/mol. The van der Waals surface area contributed by atoms with Crippen molar-refractivity contribution in [1.29, 1.82) is 0 Å². The molecule has 2 atom stereocenters. The zero-order chi connectivity index (χ0) is 14.1. The van der Waals surface area contributed by atoms with Gasteiger partial charge in [0.05, 0.1) is 12.8 Å². The minimum absolute atomic E-state index is 0.261. The van der Waals surface area contributed by atoms with Gasteiger partial charge in [-0.05, 0) is 38.5 Å². The SMILES string of the molecule is COC(=O)c1sc(N2CCC[C@H]3CCCC[C@H]32)nc1C. The number of fused-ring (bicyclic) bond motifs is 1. The number of nitrogens with zero attached hydrogens (tertiary/aromatic N) is 2. The Morgan fingerprint density at radius 1 is 1.30 bits per heavy atom. The molecule has 2 heterocycles. The summed E-state index contributed by atoms with van der Waals surface area (Å²) < 4.78 is 4.84. The van der Waals surface area contributed by atoms with Gasteiger partial charge in [-0.3, -0.25) is 0 Å². The lowest BCUT2D eigenvalue weighted by atomic mass is 9.78. The van der Waals surface area contributed by atoms with E-state index < -0.39 is 0 Å². The van der Waals surface area contributed by atoms with Crippen LogP contribution in [0.5, 0.6) is 0 Å². The highest BCUT2D eigenvalue weighted by molar-refractivity contribution is 7.17. The highest BCUT2D eigenvalue weighted by Gasteiger charge is 2.35. The van der Waals surface area contributed by atoms with Gasteiger partial charge in [-0.1, -0.05) is 24.2 Å². The zero-order valence-electron chi connectivity index (χ0n) is 12.2. The molecule has 0 radical (unpaired) electrons. The van der Waals surface area contributed by atoms with E-state index in [-0.39, 0.29) is 5.97 Å². The number of hydrogen-bond donors (Lipinski definition) is 0. The maximum Gasteiger partial charge on any atom is 0.350 e. The normalized spacial score (nSPS) is 26.2. The fourth-order valence-corrected chi connectivity index (χ4v) is 4.72. The maximum atomic E-state index is 11.7. The molecule has 2 aliphatic rings. The summed E-state index contributed by atoms with van der Waals surface area (Å²) >= 11 is 1.49. The molecule has 2 fully saturated rings. The standard InChI is InChI=1S/C15H22N2O2S/c1-10-13(14(18)19-2)20-15(16-10)17-9-5-7-11-6-3-4-8-12(11)17/h11-12H,3-9H2,1-2H3/t11-,12-/m1/s1. The highest BCUT2D eigenvalue weighted by Crippen LogP contribution is 2.39. The minimum atomic E-state index is -0.261. The highest BCUT2D eigenvalue weighted by atomic mass is 32.1. The predicted octanol–water partition coefficient (Wildman–Crippen LogP) is 3.40. The number of carbonyl (C=O) groups excluding carboxylic acids is 1. The molecule has 5 heteroatoms. The quantitative estimate of drug-likeness (QED) is 0.784. The van der Waals surface area contributed by atoms with Crippen molar-refractivity contribution in [3.63, 3.8) is 0 Å². The number of carbonyl (C=O) groups is 1. The topological polar surface area (TPSA) is 42.4 Å². The van der Waals surface area contributed by atoms with E-state index >= 15 is 0 Å². The fourth-order valence-electron chi connectivity index (χ4n) is 3.65. The summed E-state index contributed by atoms with van der Waals surface area (Å²) in [7, 11) is 1.43.